The third kappa shape index (κ3) is 1.91. The van der Waals surface area contributed by atoms with Crippen molar-refractivity contribution >= 4 is 17.8 Å². The van der Waals surface area contributed by atoms with E-state index in [0.29, 0.717) is 19.0 Å². The number of rotatable bonds is 1. The van der Waals surface area contributed by atoms with E-state index in [2.05, 4.69) is 21.8 Å². The summed E-state index contributed by atoms with van der Waals surface area (Å²) >= 11 is 0. The van der Waals surface area contributed by atoms with Gasteiger partial charge in [0.25, 0.3) is 0 Å². The first-order chi connectivity index (χ1) is 8.78. The fourth-order valence-electron chi connectivity index (χ4n) is 2.36. The zero-order chi connectivity index (χ0) is 12.5. The van der Waals surface area contributed by atoms with E-state index in [-0.39, 0.29) is 11.9 Å². The molecule has 18 heavy (non-hydrogen) atoms. The summed E-state index contributed by atoms with van der Waals surface area (Å²) in [4.78, 5) is 18.5. The first kappa shape index (κ1) is 11.4. The van der Waals surface area contributed by atoms with E-state index in [4.69, 9.17) is 4.74 Å². The summed E-state index contributed by atoms with van der Waals surface area (Å²) in [5.74, 6) is 0.618. The Morgan fingerprint density at radius 3 is 3.33 bits per heavy atom. The zero-order valence-corrected chi connectivity index (χ0v) is 10.1. The van der Waals surface area contributed by atoms with Crippen LogP contribution in [0.25, 0.3) is 6.08 Å². The van der Waals surface area contributed by atoms with E-state index in [1.54, 1.807) is 12.3 Å². The molecule has 1 unspecified atom stereocenters. The third-order valence-electron chi connectivity index (χ3n) is 3.38. The number of carbonyl (C=O) groups is 1. The van der Waals surface area contributed by atoms with Crippen LogP contribution in [0.3, 0.4) is 0 Å². The molecule has 5 nitrogen and oxygen atoms in total. The highest BCUT2D eigenvalue weighted by Crippen LogP contribution is 2.23. The maximum absolute atomic E-state index is 12.1. The molecule has 1 saturated heterocycles. The molecule has 2 aliphatic rings. The quantitative estimate of drug-likeness (QED) is 0.798. The SMILES string of the molecule is C=Cc1cnc2c(c1)CN1CCOCC1C(=O)N2. The first-order valence-electron chi connectivity index (χ1n) is 6.02. The Kier molecular flexibility index (Phi) is 2.85. The van der Waals surface area contributed by atoms with Gasteiger partial charge in [0.2, 0.25) is 5.91 Å². The first-order valence-corrected chi connectivity index (χ1v) is 6.02. The monoisotopic (exact) mass is 245 g/mol. The predicted molar refractivity (Wildman–Crippen MR) is 68.0 cm³/mol. The Hall–Kier alpha value is -1.72. The van der Waals surface area contributed by atoms with Crippen molar-refractivity contribution in [2.24, 2.45) is 0 Å². The van der Waals surface area contributed by atoms with E-state index in [9.17, 15) is 4.79 Å². The van der Waals surface area contributed by atoms with Crippen LogP contribution in [0.2, 0.25) is 0 Å². The van der Waals surface area contributed by atoms with Gasteiger partial charge in [-0.1, -0.05) is 12.7 Å². The zero-order valence-electron chi connectivity index (χ0n) is 10.1. The van der Waals surface area contributed by atoms with Gasteiger partial charge in [0.05, 0.1) is 13.2 Å². The van der Waals surface area contributed by atoms with Crippen molar-refractivity contribution in [3.63, 3.8) is 0 Å². The van der Waals surface area contributed by atoms with E-state index in [1.165, 1.54) is 0 Å². The number of anilines is 1. The van der Waals surface area contributed by atoms with Crippen molar-refractivity contribution in [1.82, 2.24) is 9.88 Å². The largest absolute Gasteiger partial charge is 0.378 e. The molecule has 0 bridgehead atoms. The lowest BCUT2D eigenvalue weighted by Gasteiger charge is -2.32. The summed E-state index contributed by atoms with van der Waals surface area (Å²) in [7, 11) is 0. The van der Waals surface area contributed by atoms with Crippen LogP contribution in [0.15, 0.2) is 18.8 Å². The Morgan fingerprint density at radius 1 is 1.61 bits per heavy atom. The molecule has 0 radical (unpaired) electrons. The minimum Gasteiger partial charge on any atom is -0.378 e. The number of nitrogens with one attached hydrogen (secondary N) is 1. The van der Waals surface area contributed by atoms with Crippen molar-refractivity contribution < 1.29 is 9.53 Å². The van der Waals surface area contributed by atoms with Crippen LogP contribution < -0.4 is 5.32 Å². The van der Waals surface area contributed by atoms with Gasteiger partial charge in [0, 0.05) is 24.8 Å². The molecule has 3 heterocycles. The number of hydrogen-bond acceptors (Lipinski definition) is 4. The summed E-state index contributed by atoms with van der Waals surface area (Å²) in [6, 6.07) is 1.81. The Balaban J connectivity index is 1.98. The van der Waals surface area contributed by atoms with Crippen molar-refractivity contribution in [2.75, 3.05) is 25.1 Å². The van der Waals surface area contributed by atoms with Crippen LogP contribution in [0, 0.1) is 0 Å². The molecular formula is C13H15N3O2. The fraction of sp³-hybridized carbons (Fsp3) is 0.385. The van der Waals surface area contributed by atoms with E-state index in [0.717, 1.165) is 24.2 Å². The number of morpholine rings is 1. The molecule has 0 aromatic carbocycles. The molecule has 1 aromatic heterocycles. The standard InChI is InChI=1S/C13H15N3O2/c1-2-9-5-10-7-16-3-4-18-8-11(16)13(17)15-12(10)14-6-9/h2,5-6,11H,1,3-4,7-8H2,(H,14,15,17). The van der Waals surface area contributed by atoms with Crippen LogP contribution in [-0.4, -0.2) is 41.6 Å². The number of carbonyl (C=O) groups excluding carboxylic acids is 1. The Bertz CT molecular complexity index is 501. The van der Waals surface area contributed by atoms with E-state index >= 15 is 0 Å². The molecule has 1 N–H and O–H groups in total. The van der Waals surface area contributed by atoms with Gasteiger partial charge in [-0.2, -0.15) is 0 Å². The lowest BCUT2D eigenvalue weighted by Crippen LogP contribution is -2.49. The van der Waals surface area contributed by atoms with Gasteiger partial charge in [-0.25, -0.2) is 4.98 Å². The molecule has 1 aromatic rings. The van der Waals surface area contributed by atoms with Crippen molar-refractivity contribution in [1.29, 1.82) is 0 Å². The summed E-state index contributed by atoms with van der Waals surface area (Å²) in [6.07, 6.45) is 3.48. The lowest BCUT2D eigenvalue weighted by atomic mass is 10.1. The van der Waals surface area contributed by atoms with Gasteiger partial charge < -0.3 is 10.1 Å². The van der Waals surface area contributed by atoms with E-state index in [1.807, 2.05) is 6.07 Å². The fourth-order valence-corrected chi connectivity index (χ4v) is 2.36. The Labute approximate surface area is 105 Å². The molecule has 2 aliphatic heterocycles. The normalized spacial score (nSPS) is 23.6. The third-order valence-corrected chi connectivity index (χ3v) is 3.38. The molecule has 1 amide bonds. The summed E-state index contributed by atoms with van der Waals surface area (Å²) in [5.41, 5.74) is 2.00. The summed E-state index contributed by atoms with van der Waals surface area (Å²) < 4.78 is 5.37. The van der Waals surface area contributed by atoms with Crippen LogP contribution in [0.5, 0.6) is 0 Å². The highest BCUT2D eigenvalue weighted by Gasteiger charge is 2.33. The highest BCUT2D eigenvalue weighted by atomic mass is 16.5. The molecule has 94 valence electrons. The van der Waals surface area contributed by atoms with E-state index < -0.39 is 0 Å². The molecule has 0 saturated carbocycles. The van der Waals surface area contributed by atoms with Gasteiger partial charge in [0.1, 0.15) is 11.9 Å². The van der Waals surface area contributed by atoms with Crippen molar-refractivity contribution in [3.8, 4) is 0 Å². The average molecular weight is 245 g/mol. The highest BCUT2D eigenvalue weighted by molar-refractivity contribution is 5.95. The minimum atomic E-state index is -0.208. The lowest BCUT2D eigenvalue weighted by molar-refractivity contribution is -0.127. The molecule has 3 rings (SSSR count). The second kappa shape index (κ2) is 4.51. The van der Waals surface area contributed by atoms with Gasteiger partial charge in [-0.15, -0.1) is 0 Å². The van der Waals surface area contributed by atoms with Crippen LogP contribution in [0.1, 0.15) is 11.1 Å². The molecule has 1 atom stereocenters. The second-order valence-electron chi connectivity index (χ2n) is 4.53. The number of nitrogens with zero attached hydrogens (tertiary/aromatic N) is 2. The van der Waals surface area contributed by atoms with Gasteiger partial charge in [-0.3, -0.25) is 9.69 Å². The predicted octanol–water partition coefficient (Wildman–Crippen LogP) is 0.877. The average Bonchev–Trinajstić information content (AvgIpc) is 2.54. The van der Waals surface area contributed by atoms with Gasteiger partial charge in [0.15, 0.2) is 0 Å². The molecular weight excluding hydrogens is 230 g/mol. The Morgan fingerprint density at radius 2 is 2.50 bits per heavy atom. The molecule has 0 spiro atoms. The maximum Gasteiger partial charge on any atom is 0.245 e. The maximum atomic E-state index is 12.1. The number of hydrogen-bond donors (Lipinski definition) is 1. The number of aromatic nitrogens is 1. The van der Waals surface area contributed by atoms with Crippen LogP contribution in [0.4, 0.5) is 5.82 Å². The van der Waals surface area contributed by atoms with Gasteiger partial charge >= 0.3 is 0 Å². The molecule has 5 heteroatoms. The smallest absolute Gasteiger partial charge is 0.245 e. The van der Waals surface area contributed by atoms with Gasteiger partial charge in [-0.05, 0) is 11.6 Å². The van der Waals surface area contributed by atoms with Crippen molar-refractivity contribution in [3.05, 3.63) is 30.0 Å². The summed E-state index contributed by atoms with van der Waals surface area (Å²) in [6.45, 7) is 6.36. The topological polar surface area (TPSA) is 54.5 Å². The minimum absolute atomic E-state index is 0.0349. The molecule has 1 fully saturated rings. The number of amides is 1. The number of ether oxygens (including phenoxy) is 1. The number of pyridine rings is 1. The van der Waals surface area contributed by atoms with Crippen LogP contribution >= 0.6 is 0 Å². The summed E-state index contributed by atoms with van der Waals surface area (Å²) in [5, 5.41) is 2.87. The number of fused-ring (bicyclic) bond motifs is 2. The van der Waals surface area contributed by atoms with Crippen molar-refractivity contribution in [2.45, 2.75) is 12.6 Å². The second-order valence-corrected chi connectivity index (χ2v) is 4.53. The van der Waals surface area contributed by atoms with Crippen LogP contribution in [-0.2, 0) is 16.1 Å². The molecule has 0 aliphatic carbocycles.